The number of aromatic amines is 1. The van der Waals surface area contributed by atoms with Crippen molar-refractivity contribution < 1.29 is 9.59 Å². The molecule has 8 heteroatoms. The van der Waals surface area contributed by atoms with Gasteiger partial charge in [-0.05, 0) is 65.9 Å². The van der Waals surface area contributed by atoms with E-state index in [1.807, 2.05) is 54.6 Å². The molecule has 1 fully saturated rings. The van der Waals surface area contributed by atoms with Crippen LogP contribution in [0.3, 0.4) is 0 Å². The molecule has 1 saturated carbocycles. The average molecular weight is 501 g/mol. The Hall–Kier alpha value is -3.68. The minimum atomic E-state index is -0.151. The fourth-order valence-corrected chi connectivity index (χ4v) is 5.24. The van der Waals surface area contributed by atoms with Gasteiger partial charge in [0.15, 0.2) is 5.13 Å². The first-order chi connectivity index (χ1) is 17.0. The van der Waals surface area contributed by atoms with Crippen LogP contribution in [0.2, 0.25) is 5.02 Å². The average Bonchev–Trinajstić information content (AvgIpc) is 3.51. The first-order valence-corrected chi connectivity index (χ1v) is 12.6. The number of thiazole rings is 1. The van der Waals surface area contributed by atoms with Crippen LogP contribution in [0.1, 0.15) is 28.8 Å². The number of halogens is 1. The Morgan fingerprint density at radius 1 is 1.06 bits per heavy atom. The maximum atomic E-state index is 12.9. The Morgan fingerprint density at radius 3 is 2.71 bits per heavy atom. The van der Waals surface area contributed by atoms with Crippen molar-refractivity contribution in [3.63, 3.8) is 0 Å². The molecular formula is C27H21ClN4O2S. The summed E-state index contributed by atoms with van der Waals surface area (Å²) in [5.41, 5.74) is 5.30. The highest BCUT2D eigenvalue weighted by molar-refractivity contribution is 7.22. The Bertz CT molecular complexity index is 1600. The van der Waals surface area contributed by atoms with Gasteiger partial charge < -0.3 is 15.6 Å². The molecule has 6 nitrogen and oxygen atoms in total. The highest BCUT2D eigenvalue weighted by Crippen LogP contribution is 2.34. The zero-order chi connectivity index (χ0) is 23.9. The smallest absolute Gasteiger partial charge is 0.253 e. The van der Waals surface area contributed by atoms with Crippen molar-refractivity contribution in [1.29, 1.82) is 0 Å². The minimum absolute atomic E-state index is 0.0587. The van der Waals surface area contributed by atoms with E-state index in [0.29, 0.717) is 22.3 Å². The van der Waals surface area contributed by atoms with E-state index in [0.717, 1.165) is 50.7 Å². The first-order valence-electron chi connectivity index (χ1n) is 11.4. The van der Waals surface area contributed by atoms with Crippen LogP contribution in [0, 0.1) is 5.92 Å². The number of H-pyrrole nitrogens is 1. The van der Waals surface area contributed by atoms with Gasteiger partial charge in [0.1, 0.15) is 0 Å². The largest absolute Gasteiger partial charge is 0.360 e. The van der Waals surface area contributed by atoms with E-state index in [-0.39, 0.29) is 17.7 Å². The highest BCUT2D eigenvalue weighted by atomic mass is 35.5. The van der Waals surface area contributed by atoms with Crippen LogP contribution in [0.4, 0.5) is 5.13 Å². The van der Waals surface area contributed by atoms with E-state index >= 15 is 0 Å². The van der Waals surface area contributed by atoms with E-state index < -0.39 is 0 Å². The second-order valence-electron chi connectivity index (χ2n) is 8.74. The van der Waals surface area contributed by atoms with Crippen LogP contribution < -0.4 is 10.6 Å². The predicted octanol–water partition coefficient (Wildman–Crippen LogP) is 6.38. The Kier molecular flexibility index (Phi) is 5.51. The molecule has 3 N–H and O–H groups in total. The van der Waals surface area contributed by atoms with Crippen molar-refractivity contribution in [2.45, 2.75) is 19.4 Å². The molecule has 0 bridgehead atoms. The molecule has 0 atom stereocenters. The van der Waals surface area contributed by atoms with E-state index in [2.05, 4.69) is 26.7 Å². The Labute approximate surface area is 210 Å². The lowest BCUT2D eigenvalue weighted by atomic mass is 10.0. The van der Waals surface area contributed by atoms with Gasteiger partial charge in [-0.2, -0.15) is 0 Å². The maximum absolute atomic E-state index is 12.9. The van der Waals surface area contributed by atoms with Crippen LogP contribution in [0.5, 0.6) is 0 Å². The van der Waals surface area contributed by atoms with E-state index in [1.54, 1.807) is 6.20 Å². The standard InChI is InChI=1S/C27H21ClN4O2S/c28-19-3-1-2-15(10-19)13-30-26(34)21-14-29-22-8-6-17(11-20(21)22)18-7-9-23-24(12-18)35-27(31-23)32-25(33)16-4-5-16/h1-3,6-12,14,16,29H,4-5,13H2,(H,30,34)(H,31,32,33). The SMILES string of the molecule is O=C(NCc1cccc(Cl)c1)c1c[nH]c2ccc(-c3ccc4nc(NC(=O)C5CC5)sc4c3)cc12. The van der Waals surface area contributed by atoms with Crippen molar-refractivity contribution in [2.75, 3.05) is 5.32 Å². The van der Waals surface area contributed by atoms with Crippen LogP contribution in [0.25, 0.3) is 32.2 Å². The fourth-order valence-electron chi connectivity index (χ4n) is 4.12. The molecule has 0 unspecified atom stereocenters. The fraction of sp³-hybridized carbons (Fsp3) is 0.148. The molecule has 2 aromatic heterocycles. The van der Waals surface area contributed by atoms with Gasteiger partial charge in [0.2, 0.25) is 5.91 Å². The van der Waals surface area contributed by atoms with Crippen molar-refractivity contribution in [2.24, 2.45) is 5.92 Å². The number of carbonyl (C=O) groups excluding carboxylic acids is 2. The summed E-state index contributed by atoms with van der Waals surface area (Å²) in [7, 11) is 0. The lowest BCUT2D eigenvalue weighted by Crippen LogP contribution is -2.22. The molecular weight excluding hydrogens is 480 g/mol. The number of rotatable bonds is 6. The zero-order valence-electron chi connectivity index (χ0n) is 18.6. The van der Waals surface area contributed by atoms with E-state index in [9.17, 15) is 9.59 Å². The first kappa shape index (κ1) is 21.8. The van der Waals surface area contributed by atoms with Crippen molar-refractivity contribution in [3.8, 4) is 11.1 Å². The quantitative estimate of drug-likeness (QED) is 0.253. The highest BCUT2D eigenvalue weighted by Gasteiger charge is 2.30. The molecule has 3 aromatic carbocycles. The predicted molar refractivity (Wildman–Crippen MR) is 141 cm³/mol. The summed E-state index contributed by atoms with van der Waals surface area (Å²) in [5.74, 6) is 0.0493. The summed E-state index contributed by atoms with van der Waals surface area (Å²) in [4.78, 5) is 32.8. The number of nitrogens with one attached hydrogen (secondary N) is 3. The molecule has 6 rings (SSSR count). The molecule has 174 valence electrons. The number of nitrogens with zero attached hydrogens (tertiary/aromatic N) is 1. The van der Waals surface area contributed by atoms with Gasteiger partial charge in [-0.15, -0.1) is 0 Å². The second kappa shape index (κ2) is 8.83. The molecule has 2 amide bonds. The molecule has 1 aliphatic carbocycles. The third-order valence-electron chi connectivity index (χ3n) is 6.17. The Balaban J connectivity index is 1.25. The lowest BCUT2D eigenvalue weighted by molar-refractivity contribution is -0.117. The molecule has 35 heavy (non-hydrogen) atoms. The number of benzene rings is 3. The number of amides is 2. The third kappa shape index (κ3) is 4.52. The number of hydrogen-bond acceptors (Lipinski definition) is 4. The van der Waals surface area contributed by atoms with Gasteiger partial charge in [0.05, 0.1) is 15.8 Å². The molecule has 0 spiro atoms. The van der Waals surface area contributed by atoms with Crippen LogP contribution in [0.15, 0.2) is 66.9 Å². The zero-order valence-corrected chi connectivity index (χ0v) is 20.2. The third-order valence-corrected chi connectivity index (χ3v) is 7.34. The van der Waals surface area contributed by atoms with Gasteiger partial charge in [0, 0.05) is 34.6 Å². The summed E-state index contributed by atoms with van der Waals surface area (Å²) >= 11 is 7.52. The summed E-state index contributed by atoms with van der Waals surface area (Å²) in [5, 5.41) is 8.04. The normalized spacial score (nSPS) is 13.3. The van der Waals surface area contributed by atoms with Gasteiger partial charge >= 0.3 is 0 Å². The maximum Gasteiger partial charge on any atom is 0.253 e. The van der Waals surface area contributed by atoms with Crippen molar-refractivity contribution in [3.05, 3.63) is 83.0 Å². The van der Waals surface area contributed by atoms with Gasteiger partial charge in [-0.1, -0.05) is 47.2 Å². The molecule has 0 aliphatic heterocycles. The number of fused-ring (bicyclic) bond motifs is 2. The molecule has 0 saturated heterocycles. The molecule has 1 aliphatic rings. The number of anilines is 1. The summed E-state index contributed by atoms with van der Waals surface area (Å²) in [6, 6.07) is 19.5. The van der Waals surface area contributed by atoms with Gasteiger partial charge in [-0.25, -0.2) is 4.98 Å². The topological polar surface area (TPSA) is 86.9 Å². The summed E-state index contributed by atoms with van der Waals surface area (Å²) < 4.78 is 1.00. The Morgan fingerprint density at radius 2 is 1.89 bits per heavy atom. The number of aromatic nitrogens is 2. The van der Waals surface area contributed by atoms with E-state index in [1.165, 1.54) is 11.3 Å². The minimum Gasteiger partial charge on any atom is -0.360 e. The number of carbonyl (C=O) groups is 2. The van der Waals surface area contributed by atoms with Crippen LogP contribution >= 0.6 is 22.9 Å². The monoisotopic (exact) mass is 500 g/mol. The second-order valence-corrected chi connectivity index (χ2v) is 10.2. The van der Waals surface area contributed by atoms with E-state index in [4.69, 9.17) is 11.6 Å². The molecule has 2 heterocycles. The van der Waals surface area contributed by atoms with Crippen molar-refractivity contribution >= 4 is 61.0 Å². The summed E-state index contributed by atoms with van der Waals surface area (Å²) in [6.45, 7) is 0.396. The number of hydrogen-bond donors (Lipinski definition) is 3. The summed E-state index contributed by atoms with van der Waals surface area (Å²) in [6.07, 6.45) is 3.66. The van der Waals surface area contributed by atoms with Gasteiger partial charge in [0.25, 0.3) is 5.91 Å². The molecule has 5 aromatic rings. The van der Waals surface area contributed by atoms with Crippen LogP contribution in [-0.4, -0.2) is 21.8 Å². The van der Waals surface area contributed by atoms with Gasteiger partial charge in [-0.3, -0.25) is 9.59 Å². The van der Waals surface area contributed by atoms with Crippen molar-refractivity contribution in [1.82, 2.24) is 15.3 Å². The lowest BCUT2D eigenvalue weighted by Gasteiger charge is -2.06. The molecule has 0 radical (unpaired) electrons. The van der Waals surface area contributed by atoms with Crippen LogP contribution in [-0.2, 0) is 11.3 Å².